The van der Waals surface area contributed by atoms with E-state index in [1.807, 2.05) is 0 Å². The minimum atomic E-state index is 0.634. The van der Waals surface area contributed by atoms with Gasteiger partial charge in [0.05, 0.1) is 50.3 Å². The summed E-state index contributed by atoms with van der Waals surface area (Å²) in [6, 6.07) is 14.9. The average Bonchev–Trinajstić information content (AvgIpc) is 3.27. The zero-order valence-electron chi connectivity index (χ0n) is 22.6. The molecule has 0 atom stereocenters. The third-order valence-electron chi connectivity index (χ3n) is 8.13. The summed E-state index contributed by atoms with van der Waals surface area (Å²) in [5, 5.41) is 6.01. The van der Waals surface area contributed by atoms with Crippen molar-refractivity contribution in [3.05, 3.63) is 42.5 Å². The number of hydrogen-bond donors (Lipinski definition) is 1. The number of ether oxygens (including phenoxy) is 1. The van der Waals surface area contributed by atoms with Crippen LogP contribution in [0.1, 0.15) is 26.7 Å². The first-order valence-electron chi connectivity index (χ1n) is 13.6. The van der Waals surface area contributed by atoms with E-state index in [1.54, 1.807) is 0 Å². The molecule has 1 saturated heterocycles. The molecular weight excluding hydrogens is 448 g/mol. The first-order chi connectivity index (χ1) is 17.4. The summed E-state index contributed by atoms with van der Waals surface area (Å²) in [6.45, 7) is 11.7. The molecular formula is C30H42N4O2+2. The zero-order chi connectivity index (χ0) is 25.3. The molecule has 0 bridgehead atoms. The summed E-state index contributed by atoms with van der Waals surface area (Å²) >= 11 is 0. The molecule has 0 radical (unpaired) electrons. The normalized spacial score (nSPS) is 16.4. The van der Waals surface area contributed by atoms with Gasteiger partial charge < -0.3 is 23.9 Å². The fraction of sp³-hybridized carbons (Fsp3) is 0.500. The van der Waals surface area contributed by atoms with Gasteiger partial charge >= 0.3 is 0 Å². The fourth-order valence-electron chi connectivity index (χ4n) is 5.63. The number of benzene rings is 2. The summed E-state index contributed by atoms with van der Waals surface area (Å²) in [6.07, 6.45) is 2.46. The number of piperidine rings is 1. The van der Waals surface area contributed by atoms with Crippen molar-refractivity contribution < 1.29 is 18.2 Å². The number of aromatic nitrogens is 1. The molecule has 6 heteroatoms. The van der Waals surface area contributed by atoms with E-state index in [9.17, 15) is 0 Å². The molecule has 4 aromatic rings. The van der Waals surface area contributed by atoms with Crippen LogP contribution in [0.4, 0.5) is 5.69 Å². The predicted molar refractivity (Wildman–Crippen MR) is 149 cm³/mol. The van der Waals surface area contributed by atoms with Crippen LogP contribution in [-0.2, 0) is 7.05 Å². The van der Waals surface area contributed by atoms with E-state index in [-0.39, 0.29) is 0 Å². The highest BCUT2D eigenvalue weighted by Crippen LogP contribution is 2.37. The molecule has 192 valence electrons. The maximum Gasteiger partial charge on any atom is 0.261 e. The quantitative estimate of drug-likeness (QED) is 0.259. The van der Waals surface area contributed by atoms with Crippen LogP contribution in [0.5, 0.6) is 5.75 Å². The van der Waals surface area contributed by atoms with E-state index in [2.05, 4.69) is 92.2 Å². The molecule has 0 spiro atoms. The molecule has 3 heterocycles. The van der Waals surface area contributed by atoms with Gasteiger partial charge in [-0.1, -0.05) is 26.0 Å². The van der Waals surface area contributed by atoms with Crippen LogP contribution in [0.15, 0.2) is 46.9 Å². The Morgan fingerprint density at radius 3 is 2.56 bits per heavy atom. The molecule has 2 aromatic heterocycles. The number of pyridine rings is 1. The van der Waals surface area contributed by atoms with Crippen LogP contribution < -0.4 is 14.6 Å². The van der Waals surface area contributed by atoms with Crippen LogP contribution in [0.25, 0.3) is 33.0 Å². The SMILES string of the molecule is CCN(CC)CCNc1c2ccccc2[n+](C)c2c1oc1ccc(OCC3CC[N+](C)(C)CC3)cc12. The van der Waals surface area contributed by atoms with E-state index < -0.39 is 0 Å². The van der Waals surface area contributed by atoms with E-state index in [4.69, 9.17) is 9.15 Å². The van der Waals surface area contributed by atoms with Gasteiger partial charge in [0.15, 0.2) is 0 Å². The number of likely N-dealkylation sites (N-methyl/N-ethyl adjacent to an activating group) is 1. The number of likely N-dealkylation sites (tertiary alicyclic amines) is 1. The highest BCUT2D eigenvalue weighted by atomic mass is 16.5. The molecule has 2 aromatic carbocycles. The highest BCUT2D eigenvalue weighted by Gasteiger charge is 2.27. The number of aryl methyl sites for hydroxylation is 1. The van der Waals surface area contributed by atoms with E-state index >= 15 is 0 Å². The third-order valence-corrected chi connectivity index (χ3v) is 8.13. The van der Waals surface area contributed by atoms with E-state index in [1.165, 1.54) is 36.8 Å². The van der Waals surface area contributed by atoms with Gasteiger partial charge in [-0.2, -0.15) is 4.57 Å². The second kappa shape index (κ2) is 10.3. The predicted octanol–water partition coefficient (Wildman–Crippen LogP) is 5.18. The minimum Gasteiger partial charge on any atom is -0.493 e. The number of nitrogens with one attached hydrogen (secondary N) is 1. The van der Waals surface area contributed by atoms with Crippen LogP contribution in [-0.4, -0.2) is 69.4 Å². The van der Waals surface area contributed by atoms with Crippen molar-refractivity contribution in [2.45, 2.75) is 26.7 Å². The summed E-state index contributed by atoms with van der Waals surface area (Å²) in [5.41, 5.74) is 5.18. The fourth-order valence-corrected chi connectivity index (χ4v) is 5.63. The molecule has 0 unspecified atom stereocenters. The number of para-hydroxylation sites is 1. The molecule has 0 aliphatic carbocycles. The third kappa shape index (κ3) is 4.89. The maximum absolute atomic E-state index is 6.50. The van der Waals surface area contributed by atoms with Gasteiger partial charge in [-0.15, -0.1) is 0 Å². The van der Waals surface area contributed by atoms with Gasteiger partial charge in [-0.3, -0.25) is 0 Å². The Hall–Kier alpha value is -2.83. The first kappa shape index (κ1) is 24.8. The van der Waals surface area contributed by atoms with Crippen molar-refractivity contribution in [2.24, 2.45) is 13.0 Å². The van der Waals surface area contributed by atoms with Gasteiger partial charge in [0.1, 0.15) is 18.4 Å². The van der Waals surface area contributed by atoms with Gasteiger partial charge in [-0.25, -0.2) is 0 Å². The minimum absolute atomic E-state index is 0.634. The van der Waals surface area contributed by atoms with Crippen LogP contribution in [0.3, 0.4) is 0 Å². The van der Waals surface area contributed by atoms with Crippen LogP contribution in [0, 0.1) is 5.92 Å². The summed E-state index contributed by atoms with van der Waals surface area (Å²) < 4.78 is 16.2. The topological polar surface area (TPSA) is 41.5 Å². The Labute approximate surface area is 215 Å². The zero-order valence-corrected chi connectivity index (χ0v) is 22.6. The van der Waals surface area contributed by atoms with Crippen molar-refractivity contribution in [1.82, 2.24) is 4.90 Å². The average molecular weight is 491 g/mol. The lowest BCUT2D eigenvalue weighted by Crippen LogP contribution is -2.46. The first-order valence-corrected chi connectivity index (χ1v) is 13.6. The second-order valence-corrected chi connectivity index (χ2v) is 11.0. The number of rotatable bonds is 9. The molecule has 1 N–H and O–H groups in total. The van der Waals surface area contributed by atoms with Crippen LogP contribution >= 0.6 is 0 Å². The van der Waals surface area contributed by atoms with Crippen molar-refractivity contribution >= 4 is 38.7 Å². The maximum atomic E-state index is 6.50. The summed E-state index contributed by atoms with van der Waals surface area (Å²) in [5.74, 6) is 1.56. The Kier molecular flexibility index (Phi) is 7.09. The number of quaternary nitrogens is 1. The Morgan fingerprint density at radius 1 is 1.06 bits per heavy atom. The summed E-state index contributed by atoms with van der Waals surface area (Å²) in [4.78, 5) is 2.43. The number of anilines is 1. The van der Waals surface area contributed by atoms with Gasteiger partial charge in [-0.05, 0) is 37.4 Å². The van der Waals surface area contributed by atoms with Gasteiger partial charge in [0, 0.05) is 37.9 Å². The van der Waals surface area contributed by atoms with Crippen LogP contribution in [0.2, 0.25) is 0 Å². The standard InChI is InChI=1S/C30H41N4O2/c1-6-33(7-2)17-16-31-28-24-10-8-9-11-26(24)32(3)29-25-20-23(12-13-27(25)36-30(28)29)35-21-22-14-18-34(4,5)19-15-22/h8-13,20,22H,6-7,14-19,21H2,1-5H3/q+1/p+1. The molecule has 1 fully saturated rings. The Balaban J connectivity index is 1.48. The molecule has 0 amide bonds. The van der Waals surface area contributed by atoms with Crippen molar-refractivity contribution in [2.75, 3.05) is 65.3 Å². The van der Waals surface area contributed by atoms with E-state index in [0.29, 0.717) is 5.92 Å². The van der Waals surface area contributed by atoms with Gasteiger partial charge in [0.25, 0.3) is 5.52 Å². The number of fused-ring (bicyclic) bond motifs is 4. The second-order valence-electron chi connectivity index (χ2n) is 11.0. The van der Waals surface area contributed by atoms with Crippen molar-refractivity contribution in [3.63, 3.8) is 0 Å². The number of furan rings is 1. The molecule has 36 heavy (non-hydrogen) atoms. The molecule has 1 aliphatic rings. The molecule has 1 aliphatic heterocycles. The number of nitrogens with zero attached hydrogens (tertiary/aromatic N) is 3. The Morgan fingerprint density at radius 2 is 1.81 bits per heavy atom. The van der Waals surface area contributed by atoms with Crippen molar-refractivity contribution in [3.8, 4) is 5.75 Å². The molecule has 6 nitrogen and oxygen atoms in total. The lowest BCUT2D eigenvalue weighted by molar-refractivity contribution is -0.896. The largest absolute Gasteiger partial charge is 0.493 e. The summed E-state index contributed by atoms with van der Waals surface area (Å²) in [7, 11) is 6.78. The number of hydrogen-bond acceptors (Lipinski definition) is 4. The highest BCUT2D eigenvalue weighted by molar-refractivity contribution is 6.11. The molecule has 5 rings (SSSR count). The monoisotopic (exact) mass is 490 g/mol. The van der Waals surface area contributed by atoms with Crippen molar-refractivity contribution in [1.29, 1.82) is 0 Å². The smallest absolute Gasteiger partial charge is 0.261 e. The Bertz CT molecular complexity index is 1350. The lowest BCUT2D eigenvalue weighted by Gasteiger charge is -2.37. The molecule has 0 saturated carbocycles. The van der Waals surface area contributed by atoms with Gasteiger partial charge in [0.2, 0.25) is 11.1 Å². The lowest BCUT2D eigenvalue weighted by atomic mass is 9.97. The van der Waals surface area contributed by atoms with E-state index in [0.717, 1.165) is 70.8 Å².